The van der Waals surface area contributed by atoms with Crippen LogP contribution in [-0.4, -0.2) is 25.1 Å². The number of hydrogen-bond donors (Lipinski definition) is 2. The first-order valence-corrected chi connectivity index (χ1v) is 6.35. The van der Waals surface area contributed by atoms with Crippen LogP contribution in [0.1, 0.15) is 19.3 Å². The Hall–Kier alpha value is -1.76. The summed E-state index contributed by atoms with van der Waals surface area (Å²) in [4.78, 5) is 11.9. The number of benzene rings is 1. The first-order chi connectivity index (χ1) is 9.56. The fourth-order valence-corrected chi connectivity index (χ4v) is 2.08. The van der Waals surface area contributed by atoms with Crippen LogP contribution in [0.5, 0.6) is 5.75 Å². The number of rotatable bonds is 4. The van der Waals surface area contributed by atoms with E-state index in [1.54, 1.807) is 0 Å². The van der Waals surface area contributed by atoms with Crippen LogP contribution in [0.2, 0.25) is 0 Å². The molecule has 2 rings (SSSR count). The molecule has 20 heavy (non-hydrogen) atoms. The summed E-state index contributed by atoms with van der Waals surface area (Å²) in [5.41, 5.74) is 0.210. The van der Waals surface area contributed by atoms with Gasteiger partial charge in [-0.1, -0.05) is 6.42 Å². The van der Waals surface area contributed by atoms with E-state index in [-0.39, 0.29) is 17.6 Å². The molecule has 1 heterocycles. The van der Waals surface area contributed by atoms with Crippen LogP contribution in [0.3, 0.4) is 0 Å². The van der Waals surface area contributed by atoms with E-state index < -0.39 is 18.2 Å². The number of carbonyl (C=O) groups excluding carboxylic acids is 1. The van der Waals surface area contributed by atoms with Gasteiger partial charge in [0.2, 0.25) is 5.91 Å². The van der Waals surface area contributed by atoms with Crippen LogP contribution in [0.15, 0.2) is 18.2 Å². The van der Waals surface area contributed by atoms with E-state index in [9.17, 15) is 18.0 Å². The molecule has 1 fully saturated rings. The van der Waals surface area contributed by atoms with Gasteiger partial charge in [0.15, 0.2) is 11.6 Å². The third-order valence-corrected chi connectivity index (χ3v) is 3.04. The number of anilines is 1. The molecule has 1 aliphatic heterocycles. The molecule has 4 nitrogen and oxygen atoms in total. The lowest BCUT2D eigenvalue weighted by molar-refractivity contribution is -0.118. The Bertz CT molecular complexity index is 477. The summed E-state index contributed by atoms with van der Waals surface area (Å²) in [6.45, 7) is -2.32. The van der Waals surface area contributed by atoms with E-state index in [2.05, 4.69) is 15.4 Å². The van der Waals surface area contributed by atoms with Gasteiger partial charge < -0.3 is 15.4 Å². The standard InChI is InChI=1S/C13H15F3N2O2/c14-9-7-8(4-5-11(9)20-13(15)16)18-12(19)10-3-1-2-6-17-10/h4-5,7,10,13,17H,1-3,6H2,(H,18,19)/t10-/m1/s1. The van der Waals surface area contributed by atoms with Crippen LogP contribution in [-0.2, 0) is 4.79 Å². The molecule has 1 amide bonds. The van der Waals surface area contributed by atoms with Gasteiger partial charge >= 0.3 is 6.61 Å². The van der Waals surface area contributed by atoms with Crippen molar-refractivity contribution in [3.05, 3.63) is 24.0 Å². The maximum atomic E-state index is 13.5. The number of amides is 1. The predicted molar refractivity (Wildman–Crippen MR) is 67.3 cm³/mol. The average Bonchev–Trinajstić information content (AvgIpc) is 2.42. The molecule has 1 saturated heterocycles. The van der Waals surface area contributed by atoms with Gasteiger partial charge in [-0.05, 0) is 31.5 Å². The summed E-state index contributed by atoms with van der Waals surface area (Å²) < 4.78 is 41.4. The average molecular weight is 288 g/mol. The highest BCUT2D eigenvalue weighted by atomic mass is 19.3. The van der Waals surface area contributed by atoms with Gasteiger partial charge in [-0.2, -0.15) is 8.78 Å². The lowest BCUT2D eigenvalue weighted by atomic mass is 10.0. The van der Waals surface area contributed by atoms with Gasteiger partial charge in [0.05, 0.1) is 6.04 Å². The Morgan fingerprint density at radius 2 is 2.20 bits per heavy atom. The molecule has 0 saturated carbocycles. The molecular weight excluding hydrogens is 273 g/mol. The Labute approximate surface area is 114 Å². The normalized spacial score (nSPS) is 18.9. The summed E-state index contributed by atoms with van der Waals surface area (Å²) in [6, 6.07) is 3.04. The third-order valence-electron chi connectivity index (χ3n) is 3.04. The smallest absolute Gasteiger partial charge is 0.387 e. The van der Waals surface area contributed by atoms with Crippen LogP contribution in [0, 0.1) is 5.82 Å². The van der Waals surface area contributed by atoms with E-state index >= 15 is 0 Å². The van der Waals surface area contributed by atoms with E-state index in [4.69, 9.17) is 0 Å². The molecule has 0 aliphatic carbocycles. The third kappa shape index (κ3) is 3.86. The lowest BCUT2D eigenvalue weighted by Crippen LogP contribution is -2.43. The Morgan fingerprint density at radius 3 is 2.80 bits per heavy atom. The van der Waals surface area contributed by atoms with E-state index in [0.29, 0.717) is 0 Å². The van der Waals surface area contributed by atoms with Crippen molar-refractivity contribution in [1.82, 2.24) is 5.32 Å². The molecule has 2 N–H and O–H groups in total. The van der Waals surface area contributed by atoms with Crippen molar-refractivity contribution in [2.24, 2.45) is 0 Å². The monoisotopic (exact) mass is 288 g/mol. The first-order valence-electron chi connectivity index (χ1n) is 6.35. The van der Waals surface area contributed by atoms with Crippen LogP contribution >= 0.6 is 0 Å². The molecule has 1 aromatic rings. The van der Waals surface area contributed by atoms with Crippen LogP contribution < -0.4 is 15.4 Å². The number of alkyl halides is 2. The molecule has 7 heteroatoms. The lowest BCUT2D eigenvalue weighted by Gasteiger charge is -2.22. The molecular formula is C13H15F3N2O2. The topological polar surface area (TPSA) is 50.4 Å². The molecule has 0 unspecified atom stereocenters. The van der Waals surface area contributed by atoms with Gasteiger partial charge in [0, 0.05) is 11.8 Å². The maximum Gasteiger partial charge on any atom is 0.387 e. The number of carbonyl (C=O) groups is 1. The molecule has 1 atom stereocenters. The summed E-state index contributed by atoms with van der Waals surface area (Å²) in [7, 11) is 0. The van der Waals surface area contributed by atoms with Crippen LogP contribution in [0.25, 0.3) is 0 Å². The highest BCUT2D eigenvalue weighted by Gasteiger charge is 2.20. The highest BCUT2D eigenvalue weighted by molar-refractivity contribution is 5.94. The predicted octanol–water partition coefficient (Wildman–Crippen LogP) is 2.51. The molecule has 0 spiro atoms. The zero-order valence-electron chi connectivity index (χ0n) is 10.7. The van der Waals surface area contributed by atoms with Gasteiger partial charge in [-0.15, -0.1) is 0 Å². The number of nitrogens with one attached hydrogen (secondary N) is 2. The minimum Gasteiger partial charge on any atom is -0.432 e. The second-order valence-corrected chi connectivity index (χ2v) is 4.52. The molecule has 1 aliphatic rings. The number of ether oxygens (including phenoxy) is 1. The van der Waals surface area contributed by atoms with Crippen molar-refractivity contribution in [1.29, 1.82) is 0 Å². The van der Waals surface area contributed by atoms with Crippen molar-refractivity contribution in [3.8, 4) is 5.75 Å². The zero-order chi connectivity index (χ0) is 14.5. The van der Waals surface area contributed by atoms with E-state index in [0.717, 1.165) is 37.9 Å². The Kier molecular flexibility index (Phi) is 4.84. The second-order valence-electron chi connectivity index (χ2n) is 4.52. The van der Waals surface area contributed by atoms with E-state index in [1.165, 1.54) is 6.07 Å². The summed E-state index contributed by atoms with van der Waals surface area (Å²) in [5, 5.41) is 5.61. The Balaban J connectivity index is 1.99. The molecule has 1 aromatic carbocycles. The number of piperidine rings is 1. The second kappa shape index (κ2) is 6.60. The fraction of sp³-hybridized carbons (Fsp3) is 0.462. The Morgan fingerprint density at radius 1 is 1.40 bits per heavy atom. The maximum absolute atomic E-state index is 13.5. The largest absolute Gasteiger partial charge is 0.432 e. The fourth-order valence-electron chi connectivity index (χ4n) is 2.08. The minimum absolute atomic E-state index is 0.210. The molecule has 110 valence electrons. The minimum atomic E-state index is -3.09. The quantitative estimate of drug-likeness (QED) is 0.895. The van der Waals surface area contributed by atoms with Crippen molar-refractivity contribution in [3.63, 3.8) is 0 Å². The number of halogens is 3. The molecule has 0 aromatic heterocycles. The van der Waals surface area contributed by atoms with Gasteiger partial charge in [-0.25, -0.2) is 4.39 Å². The summed E-state index contributed by atoms with van der Waals surface area (Å²) in [6.07, 6.45) is 2.71. The highest BCUT2D eigenvalue weighted by Crippen LogP contribution is 2.23. The van der Waals surface area contributed by atoms with Crippen LogP contribution in [0.4, 0.5) is 18.9 Å². The molecule has 0 radical (unpaired) electrons. The van der Waals surface area contributed by atoms with Crippen molar-refractivity contribution in [2.75, 3.05) is 11.9 Å². The summed E-state index contributed by atoms with van der Waals surface area (Å²) in [5.74, 6) is -1.75. The molecule has 0 bridgehead atoms. The van der Waals surface area contributed by atoms with Crippen molar-refractivity contribution < 1.29 is 22.7 Å². The number of hydrogen-bond acceptors (Lipinski definition) is 3. The van der Waals surface area contributed by atoms with Gasteiger partial charge in [0.1, 0.15) is 0 Å². The van der Waals surface area contributed by atoms with Crippen molar-refractivity contribution in [2.45, 2.75) is 31.9 Å². The SMILES string of the molecule is O=C(Nc1ccc(OC(F)F)c(F)c1)[C@H]1CCCCN1. The van der Waals surface area contributed by atoms with Crippen molar-refractivity contribution >= 4 is 11.6 Å². The first kappa shape index (κ1) is 14.6. The zero-order valence-corrected chi connectivity index (χ0v) is 10.7. The van der Waals surface area contributed by atoms with Gasteiger partial charge in [0.25, 0.3) is 0 Å². The summed E-state index contributed by atoms with van der Waals surface area (Å²) >= 11 is 0. The van der Waals surface area contributed by atoms with Gasteiger partial charge in [-0.3, -0.25) is 4.79 Å². The van der Waals surface area contributed by atoms with E-state index in [1.807, 2.05) is 0 Å².